The van der Waals surface area contributed by atoms with Gasteiger partial charge in [0.05, 0.1) is 24.8 Å². The van der Waals surface area contributed by atoms with Crippen molar-refractivity contribution in [2.45, 2.75) is 18.7 Å². The van der Waals surface area contributed by atoms with Gasteiger partial charge in [-0.15, -0.1) is 0 Å². The molecule has 0 unspecified atom stereocenters. The molecule has 0 aliphatic rings. The van der Waals surface area contributed by atoms with E-state index < -0.39 is 15.9 Å². The number of methoxy groups -OCH3 is 2. The summed E-state index contributed by atoms with van der Waals surface area (Å²) < 4.78 is 44.0. The highest BCUT2D eigenvalue weighted by Crippen LogP contribution is 2.29. The van der Waals surface area contributed by atoms with Crippen molar-refractivity contribution in [2.75, 3.05) is 30.9 Å². The number of amides is 1. The van der Waals surface area contributed by atoms with Crippen LogP contribution >= 0.6 is 0 Å². The number of hydrogen-bond acceptors (Lipinski definition) is 6. The zero-order chi connectivity index (χ0) is 24.0. The van der Waals surface area contributed by atoms with E-state index in [0.717, 1.165) is 5.56 Å². The van der Waals surface area contributed by atoms with E-state index in [2.05, 4.69) is 10.0 Å². The molecule has 0 saturated carbocycles. The number of carbonyl (C=O) groups excluding carboxylic acids is 1. The second kappa shape index (κ2) is 10.3. The summed E-state index contributed by atoms with van der Waals surface area (Å²) in [5.41, 5.74) is 2.53. The van der Waals surface area contributed by atoms with E-state index in [-0.39, 0.29) is 11.5 Å². The molecule has 0 aromatic heterocycles. The number of ether oxygens (including phenoxy) is 3. The summed E-state index contributed by atoms with van der Waals surface area (Å²) >= 11 is 0. The van der Waals surface area contributed by atoms with Crippen LogP contribution in [0.1, 0.15) is 11.1 Å². The van der Waals surface area contributed by atoms with Gasteiger partial charge in [-0.2, -0.15) is 0 Å². The van der Waals surface area contributed by atoms with Gasteiger partial charge in [-0.1, -0.05) is 17.7 Å². The van der Waals surface area contributed by atoms with Crippen LogP contribution in [-0.2, 0) is 14.8 Å². The van der Waals surface area contributed by atoms with Crippen molar-refractivity contribution >= 4 is 27.3 Å². The molecule has 1 amide bonds. The minimum Gasteiger partial charge on any atom is -0.497 e. The lowest BCUT2D eigenvalue weighted by Gasteiger charge is -2.14. The Bertz CT molecular complexity index is 1240. The third kappa shape index (κ3) is 6.17. The molecule has 33 heavy (non-hydrogen) atoms. The van der Waals surface area contributed by atoms with Gasteiger partial charge in [-0.05, 0) is 61.9 Å². The highest BCUT2D eigenvalue weighted by atomic mass is 32.2. The van der Waals surface area contributed by atoms with E-state index >= 15 is 0 Å². The van der Waals surface area contributed by atoms with E-state index in [0.29, 0.717) is 34.2 Å². The summed E-state index contributed by atoms with van der Waals surface area (Å²) in [7, 11) is -0.734. The highest BCUT2D eigenvalue weighted by molar-refractivity contribution is 7.92. The minimum atomic E-state index is -3.76. The Hall–Kier alpha value is -3.72. The van der Waals surface area contributed by atoms with Gasteiger partial charge in [-0.25, -0.2) is 8.42 Å². The molecular formula is C24H26N2O6S. The lowest BCUT2D eigenvalue weighted by molar-refractivity contribution is -0.118. The Balaban J connectivity index is 1.66. The molecule has 3 aromatic carbocycles. The van der Waals surface area contributed by atoms with Crippen LogP contribution in [0.4, 0.5) is 11.4 Å². The van der Waals surface area contributed by atoms with Crippen molar-refractivity contribution in [3.05, 3.63) is 71.8 Å². The van der Waals surface area contributed by atoms with Crippen LogP contribution < -0.4 is 24.2 Å². The number of nitrogens with one attached hydrogen (secondary N) is 2. The molecule has 8 nitrogen and oxygen atoms in total. The second-order valence-electron chi connectivity index (χ2n) is 7.30. The maximum absolute atomic E-state index is 12.7. The summed E-state index contributed by atoms with van der Waals surface area (Å²) in [6, 6.07) is 16.6. The third-order valence-electron chi connectivity index (χ3n) is 4.80. The smallest absolute Gasteiger partial charge is 0.262 e. The molecule has 0 aliphatic carbocycles. The fourth-order valence-electron chi connectivity index (χ4n) is 3.03. The number of anilines is 2. The SMILES string of the molecule is COc1ccc(OC)c(NC(=O)COc2ccc(S(=O)(=O)Nc3ccc(C)cc3)cc2C)c1. The highest BCUT2D eigenvalue weighted by Gasteiger charge is 2.16. The van der Waals surface area contributed by atoms with Gasteiger partial charge in [0.25, 0.3) is 15.9 Å². The molecule has 0 radical (unpaired) electrons. The monoisotopic (exact) mass is 470 g/mol. The minimum absolute atomic E-state index is 0.0958. The molecule has 0 fully saturated rings. The molecule has 0 atom stereocenters. The van der Waals surface area contributed by atoms with Gasteiger partial charge in [0.2, 0.25) is 0 Å². The van der Waals surface area contributed by atoms with Gasteiger partial charge in [-0.3, -0.25) is 9.52 Å². The third-order valence-corrected chi connectivity index (χ3v) is 6.18. The lowest BCUT2D eigenvalue weighted by Crippen LogP contribution is -2.21. The Labute approximate surface area is 193 Å². The quantitative estimate of drug-likeness (QED) is 0.487. The predicted octanol–water partition coefficient (Wildman–Crippen LogP) is 4.14. The van der Waals surface area contributed by atoms with E-state index in [1.165, 1.54) is 32.4 Å². The average molecular weight is 471 g/mol. The fourth-order valence-corrected chi connectivity index (χ4v) is 4.17. The molecular weight excluding hydrogens is 444 g/mol. The molecule has 2 N–H and O–H groups in total. The van der Waals surface area contributed by atoms with E-state index in [9.17, 15) is 13.2 Å². The van der Waals surface area contributed by atoms with Crippen LogP contribution in [0.3, 0.4) is 0 Å². The number of benzene rings is 3. The van der Waals surface area contributed by atoms with Crippen LogP contribution in [0.25, 0.3) is 0 Å². The van der Waals surface area contributed by atoms with E-state index in [1.807, 2.05) is 19.1 Å². The summed E-state index contributed by atoms with van der Waals surface area (Å²) in [6.07, 6.45) is 0. The van der Waals surface area contributed by atoms with Gasteiger partial charge >= 0.3 is 0 Å². The molecule has 0 spiro atoms. The van der Waals surface area contributed by atoms with Crippen LogP contribution in [0, 0.1) is 13.8 Å². The van der Waals surface area contributed by atoms with Crippen LogP contribution in [0.15, 0.2) is 65.6 Å². The van der Waals surface area contributed by atoms with Gasteiger partial charge in [0, 0.05) is 11.8 Å². The largest absolute Gasteiger partial charge is 0.497 e. The predicted molar refractivity (Wildman–Crippen MR) is 127 cm³/mol. The number of sulfonamides is 1. The summed E-state index contributed by atoms with van der Waals surface area (Å²) in [5, 5.41) is 2.72. The van der Waals surface area contributed by atoms with Gasteiger partial charge in [0.15, 0.2) is 6.61 Å². The second-order valence-corrected chi connectivity index (χ2v) is 8.98. The lowest BCUT2D eigenvalue weighted by atomic mass is 10.2. The van der Waals surface area contributed by atoms with Crippen molar-refractivity contribution in [3.63, 3.8) is 0 Å². The maximum Gasteiger partial charge on any atom is 0.262 e. The number of aryl methyl sites for hydroxylation is 2. The standard InChI is InChI=1S/C24H26N2O6S/c1-16-5-7-18(8-6-16)26-33(28,29)20-10-12-22(17(2)13-20)32-15-24(27)25-21-14-19(30-3)9-11-23(21)31-4/h5-14,26H,15H2,1-4H3,(H,25,27). The molecule has 0 bridgehead atoms. The first-order valence-electron chi connectivity index (χ1n) is 10.1. The summed E-state index contributed by atoms with van der Waals surface area (Å²) in [4.78, 5) is 12.5. The topological polar surface area (TPSA) is 103 Å². The number of rotatable bonds is 9. The molecule has 0 heterocycles. The fraction of sp³-hybridized carbons (Fsp3) is 0.208. The van der Waals surface area contributed by atoms with Crippen molar-refractivity contribution in [1.82, 2.24) is 0 Å². The van der Waals surface area contributed by atoms with Crippen LogP contribution in [-0.4, -0.2) is 35.2 Å². The van der Waals surface area contributed by atoms with Gasteiger partial charge in [0.1, 0.15) is 17.2 Å². The Morgan fingerprint density at radius 2 is 1.58 bits per heavy atom. The summed E-state index contributed by atoms with van der Waals surface area (Å²) in [6.45, 7) is 3.37. The van der Waals surface area contributed by atoms with Gasteiger partial charge < -0.3 is 19.5 Å². The maximum atomic E-state index is 12.7. The number of hydrogen-bond donors (Lipinski definition) is 2. The Kier molecular flexibility index (Phi) is 7.44. The van der Waals surface area contributed by atoms with E-state index in [4.69, 9.17) is 14.2 Å². The molecule has 0 saturated heterocycles. The van der Waals surface area contributed by atoms with Crippen molar-refractivity contribution < 1.29 is 27.4 Å². The zero-order valence-electron chi connectivity index (χ0n) is 18.8. The molecule has 3 aromatic rings. The first-order chi connectivity index (χ1) is 15.7. The zero-order valence-corrected chi connectivity index (χ0v) is 19.7. The Morgan fingerprint density at radius 1 is 0.879 bits per heavy atom. The molecule has 9 heteroatoms. The van der Waals surface area contributed by atoms with Crippen molar-refractivity contribution in [3.8, 4) is 17.2 Å². The van der Waals surface area contributed by atoms with E-state index in [1.54, 1.807) is 37.3 Å². The van der Waals surface area contributed by atoms with Crippen molar-refractivity contribution in [1.29, 1.82) is 0 Å². The Morgan fingerprint density at radius 3 is 2.21 bits per heavy atom. The van der Waals surface area contributed by atoms with Crippen LogP contribution in [0.2, 0.25) is 0 Å². The molecule has 174 valence electrons. The molecule has 0 aliphatic heterocycles. The van der Waals surface area contributed by atoms with Crippen molar-refractivity contribution in [2.24, 2.45) is 0 Å². The molecule has 3 rings (SSSR count). The average Bonchev–Trinajstić information content (AvgIpc) is 2.79. The number of carbonyl (C=O) groups is 1. The van der Waals surface area contributed by atoms with Crippen LogP contribution in [0.5, 0.6) is 17.2 Å². The summed E-state index contributed by atoms with van der Waals surface area (Å²) in [5.74, 6) is 1.05. The first-order valence-corrected chi connectivity index (χ1v) is 11.5. The first kappa shape index (κ1) is 23.9. The normalized spacial score (nSPS) is 10.9.